The third-order valence-electron chi connectivity index (χ3n) is 4.33. The van der Waals surface area contributed by atoms with Gasteiger partial charge >= 0.3 is 0 Å². The Morgan fingerprint density at radius 1 is 1.35 bits per heavy atom. The minimum atomic E-state index is 0.0762. The van der Waals surface area contributed by atoms with Crippen molar-refractivity contribution >= 4 is 23.2 Å². The number of amides is 1. The normalized spacial score (nSPS) is 16.4. The number of carbonyl (C=O) groups excluding carboxylic acids is 1. The molecule has 1 fully saturated rings. The Morgan fingerprint density at radius 3 is 2.60 bits per heavy atom. The summed E-state index contributed by atoms with van der Waals surface area (Å²) in [4.78, 5) is 12.3. The average molecular weight is 296 g/mol. The summed E-state index contributed by atoms with van der Waals surface area (Å²) in [6.45, 7) is 2.48. The van der Waals surface area contributed by atoms with E-state index >= 15 is 0 Å². The molecule has 0 bridgehead atoms. The van der Waals surface area contributed by atoms with Crippen molar-refractivity contribution in [3.8, 4) is 0 Å². The quantitative estimate of drug-likeness (QED) is 0.845. The first-order chi connectivity index (χ1) is 9.38. The summed E-state index contributed by atoms with van der Waals surface area (Å²) in [6.07, 6.45) is 5.06. The number of nitrogens with zero attached hydrogens (tertiary/aromatic N) is 1. The minimum absolute atomic E-state index is 0.0762. The van der Waals surface area contributed by atoms with Crippen LogP contribution in [0.5, 0.6) is 0 Å². The minimum Gasteiger partial charge on any atom is -0.321 e. The van der Waals surface area contributed by atoms with Gasteiger partial charge in [0.25, 0.3) is 5.91 Å². The summed E-state index contributed by atoms with van der Waals surface area (Å²) in [7, 11) is 4.31. The molecule has 2 rings (SSSR count). The van der Waals surface area contributed by atoms with Gasteiger partial charge in [-0.15, -0.1) is 0 Å². The third kappa shape index (κ3) is 3.74. The fraction of sp³-hybridized carbons (Fsp3) is 0.562. The van der Waals surface area contributed by atoms with Crippen LogP contribution in [0.25, 0.3) is 0 Å². The topological polar surface area (TPSA) is 29.1 Å². The molecule has 0 heterocycles. The maximum Gasteiger partial charge on any atom is 0.279 e. The maximum absolute atomic E-state index is 12.3. The van der Waals surface area contributed by atoms with Crippen molar-refractivity contribution < 1.29 is 9.28 Å². The lowest BCUT2D eigenvalue weighted by atomic mass is 10.1. The van der Waals surface area contributed by atoms with E-state index < -0.39 is 0 Å². The van der Waals surface area contributed by atoms with Crippen molar-refractivity contribution in [2.24, 2.45) is 0 Å². The number of quaternary nitrogens is 1. The van der Waals surface area contributed by atoms with Gasteiger partial charge in [0.1, 0.15) is 0 Å². The number of hydrogen-bond acceptors (Lipinski definition) is 1. The van der Waals surface area contributed by atoms with Gasteiger partial charge in [0.2, 0.25) is 0 Å². The van der Waals surface area contributed by atoms with Gasteiger partial charge in [0.15, 0.2) is 6.54 Å². The Morgan fingerprint density at radius 2 is 2.00 bits per heavy atom. The molecule has 1 aliphatic carbocycles. The molecule has 0 aromatic heterocycles. The van der Waals surface area contributed by atoms with Crippen molar-refractivity contribution in [2.45, 2.75) is 38.6 Å². The SMILES string of the molecule is Cc1cc(Cl)ccc1NC(=O)C[N+](C)(C)C1CCCC1. The standard InChI is InChI=1S/C16H23ClN2O/c1-12-10-13(17)8-9-15(12)18-16(20)11-19(2,3)14-6-4-5-7-14/h8-10,14H,4-7,11H2,1-3H3/p+1. The first-order valence-electron chi connectivity index (χ1n) is 7.27. The highest BCUT2D eigenvalue weighted by atomic mass is 35.5. The van der Waals surface area contributed by atoms with Crippen molar-refractivity contribution in [3.05, 3.63) is 28.8 Å². The molecule has 1 amide bonds. The predicted octanol–water partition coefficient (Wildman–Crippen LogP) is 3.61. The van der Waals surface area contributed by atoms with Crippen LogP contribution in [0.1, 0.15) is 31.2 Å². The molecule has 1 aromatic carbocycles. The van der Waals surface area contributed by atoms with Gasteiger partial charge in [-0.2, -0.15) is 0 Å². The summed E-state index contributed by atoms with van der Waals surface area (Å²) in [5.41, 5.74) is 1.85. The Bertz CT molecular complexity index is 493. The van der Waals surface area contributed by atoms with Gasteiger partial charge in [-0.1, -0.05) is 11.6 Å². The molecule has 0 saturated heterocycles. The Hall–Kier alpha value is -1.06. The monoisotopic (exact) mass is 295 g/mol. The lowest BCUT2D eigenvalue weighted by molar-refractivity contribution is -0.906. The Kier molecular flexibility index (Phi) is 4.71. The van der Waals surface area contributed by atoms with Crippen molar-refractivity contribution in [1.29, 1.82) is 0 Å². The van der Waals surface area contributed by atoms with Crippen molar-refractivity contribution in [3.63, 3.8) is 0 Å². The van der Waals surface area contributed by atoms with Crippen LogP contribution in [-0.4, -0.2) is 37.1 Å². The number of anilines is 1. The fourth-order valence-electron chi connectivity index (χ4n) is 3.06. The van der Waals surface area contributed by atoms with Crippen LogP contribution in [0.3, 0.4) is 0 Å². The zero-order valence-electron chi connectivity index (χ0n) is 12.6. The maximum atomic E-state index is 12.3. The Balaban J connectivity index is 1.98. The Labute approximate surface area is 126 Å². The highest BCUT2D eigenvalue weighted by Gasteiger charge is 2.33. The van der Waals surface area contributed by atoms with Gasteiger partial charge in [-0.3, -0.25) is 4.79 Å². The summed E-state index contributed by atoms with van der Waals surface area (Å²) < 4.78 is 0.776. The van der Waals surface area contributed by atoms with E-state index in [0.717, 1.165) is 15.7 Å². The van der Waals surface area contributed by atoms with Crippen LogP contribution in [0.2, 0.25) is 5.02 Å². The largest absolute Gasteiger partial charge is 0.321 e. The molecule has 1 N–H and O–H groups in total. The number of carbonyl (C=O) groups is 1. The van der Waals surface area contributed by atoms with Gasteiger partial charge in [-0.05, 0) is 56.4 Å². The summed E-state index contributed by atoms with van der Waals surface area (Å²) >= 11 is 5.93. The molecular weight excluding hydrogens is 272 g/mol. The highest BCUT2D eigenvalue weighted by molar-refractivity contribution is 6.30. The van der Waals surface area contributed by atoms with Gasteiger partial charge in [0.05, 0.1) is 20.1 Å². The number of hydrogen-bond donors (Lipinski definition) is 1. The summed E-state index contributed by atoms with van der Waals surface area (Å²) in [5, 5.41) is 3.70. The van der Waals surface area contributed by atoms with E-state index in [0.29, 0.717) is 17.6 Å². The molecule has 0 aliphatic heterocycles. The highest BCUT2D eigenvalue weighted by Crippen LogP contribution is 2.27. The molecular formula is C16H24ClN2O+. The molecule has 1 aliphatic rings. The molecule has 0 atom stereocenters. The smallest absolute Gasteiger partial charge is 0.279 e. The van der Waals surface area contributed by atoms with E-state index in [4.69, 9.17) is 11.6 Å². The van der Waals surface area contributed by atoms with Crippen LogP contribution in [0, 0.1) is 6.92 Å². The number of rotatable bonds is 4. The molecule has 3 nitrogen and oxygen atoms in total. The molecule has 0 spiro atoms. The van der Waals surface area contributed by atoms with Crippen LogP contribution < -0.4 is 5.32 Å². The van der Waals surface area contributed by atoms with Gasteiger partial charge < -0.3 is 9.80 Å². The van der Waals surface area contributed by atoms with Crippen LogP contribution in [0.15, 0.2) is 18.2 Å². The number of benzene rings is 1. The lowest BCUT2D eigenvalue weighted by Crippen LogP contribution is -2.51. The summed E-state index contributed by atoms with van der Waals surface area (Å²) in [5.74, 6) is 0.0762. The number of aryl methyl sites for hydroxylation is 1. The first-order valence-corrected chi connectivity index (χ1v) is 7.65. The van der Waals surface area contributed by atoms with E-state index in [-0.39, 0.29) is 5.91 Å². The molecule has 0 radical (unpaired) electrons. The molecule has 0 unspecified atom stereocenters. The first kappa shape index (κ1) is 15.3. The molecule has 110 valence electrons. The molecule has 20 heavy (non-hydrogen) atoms. The van der Waals surface area contributed by atoms with Crippen LogP contribution in [-0.2, 0) is 4.79 Å². The number of halogens is 1. The second kappa shape index (κ2) is 6.15. The van der Waals surface area contributed by atoms with E-state index in [9.17, 15) is 4.79 Å². The third-order valence-corrected chi connectivity index (χ3v) is 4.56. The van der Waals surface area contributed by atoms with E-state index in [1.165, 1.54) is 25.7 Å². The molecule has 1 saturated carbocycles. The van der Waals surface area contributed by atoms with Gasteiger partial charge in [-0.25, -0.2) is 0 Å². The number of nitrogens with one attached hydrogen (secondary N) is 1. The van der Waals surface area contributed by atoms with Crippen molar-refractivity contribution in [1.82, 2.24) is 0 Å². The van der Waals surface area contributed by atoms with E-state index in [2.05, 4.69) is 19.4 Å². The zero-order chi connectivity index (χ0) is 14.8. The zero-order valence-corrected chi connectivity index (χ0v) is 13.3. The fourth-order valence-corrected chi connectivity index (χ4v) is 3.29. The predicted molar refractivity (Wildman–Crippen MR) is 84.1 cm³/mol. The molecule has 1 aromatic rings. The second-order valence-electron chi connectivity index (χ2n) is 6.38. The van der Waals surface area contributed by atoms with E-state index in [1.807, 2.05) is 19.1 Å². The van der Waals surface area contributed by atoms with Crippen molar-refractivity contribution in [2.75, 3.05) is 26.0 Å². The second-order valence-corrected chi connectivity index (χ2v) is 6.82. The average Bonchev–Trinajstić information content (AvgIpc) is 2.86. The lowest BCUT2D eigenvalue weighted by Gasteiger charge is -2.35. The van der Waals surface area contributed by atoms with Gasteiger partial charge in [0, 0.05) is 10.7 Å². The summed E-state index contributed by atoms with van der Waals surface area (Å²) in [6, 6.07) is 6.16. The van der Waals surface area contributed by atoms with Crippen LogP contribution in [0.4, 0.5) is 5.69 Å². The molecule has 4 heteroatoms. The number of likely N-dealkylation sites (N-methyl/N-ethyl adjacent to an activating group) is 1. The van der Waals surface area contributed by atoms with E-state index in [1.54, 1.807) is 6.07 Å². The van der Waals surface area contributed by atoms with Crippen LogP contribution >= 0.6 is 11.6 Å².